The fourth-order valence-electron chi connectivity index (χ4n) is 5.10. The number of rotatable bonds is 5. The van der Waals surface area contributed by atoms with Gasteiger partial charge in [0.05, 0.1) is 11.0 Å². The number of fused-ring (bicyclic) bond motifs is 2. The number of H-pyrrole nitrogens is 1. The first-order valence-corrected chi connectivity index (χ1v) is 13.5. The van der Waals surface area contributed by atoms with Gasteiger partial charge in [0.15, 0.2) is 0 Å². The van der Waals surface area contributed by atoms with Crippen LogP contribution in [0.15, 0.2) is 42.5 Å². The Bertz CT molecular complexity index is 1180. The van der Waals surface area contributed by atoms with Crippen LogP contribution in [-0.2, 0) is 22.6 Å². The summed E-state index contributed by atoms with van der Waals surface area (Å²) >= 11 is 0. The molecule has 0 bridgehead atoms. The first kappa shape index (κ1) is 25.9. The number of amides is 2. The first-order valence-electron chi connectivity index (χ1n) is 13.5. The maximum absolute atomic E-state index is 13.5. The Hall–Kier alpha value is -3.15. The summed E-state index contributed by atoms with van der Waals surface area (Å²) in [5, 5.41) is 0. The molecule has 6 heteroatoms. The van der Waals surface area contributed by atoms with Gasteiger partial charge in [-0.25, -0.2) is 4.98 Å². The van der Waals surface area contributed by atoms with Crippen molar-refractivity contribution in [3.8, 4) is 0 Å². The van der Waals surface area contributed by atoms with Gasteiger partial charge in [-0.1, -0.05) is 57.4 Å². The van der Waals surface area contributed by atoms with Crippen LogP contribution in [0.1, 0.15) is 75.7 Å². The molecule has 2 amide bonds. The molecule has 1 N–H and O–H groups in total. The van der Waals surface area contributed by atoms with E-state index >= 15 is 0 Å². The smallest absolute Gasteiger partial charge is 0.227 e. The van der Waals surface area contributed by atoms with Crippen LogP contribution in [0.3, 0.4) is 0 Å². The molecule has 1 aromatic heterocycles. The van der Waals surface area contributed by atoms with Crippen LogP contribution in [0.2, 0.25) is 0 Å². The van der Waals surface area contributed by atoms with Crippen molar-refractivity contribution in [3.63, 3.8) is 0 Å². The quantitative estimate of drug-likeness (QED) is 0.466. The number of hydrogen-bond donors (Lipinski definition) is 1. The highest BCUT2D eigenvalue weighted by Crippen LogP contribution is 2.26. The Morgan fingerprint density at radius 3 is 2.53 bits per heavy atom. The minimum atomic E-state index is 0.169. The molecule has 0 saturated carbocycles. The Balaban J connectivity index is 1.52. The van der Waals surface area contributed by atoms with Crippen molar-refractivity contribution in [1.82, 2.24) is 14.9 Å². The van der Waals surface area contributed by atoms with Crippen molar-refractivity contribution in [3.05, 3.63) is 59.4 Å². The monoisotopic (exact) mass is 488 g/mol. The molecule has 0 aliphatic carbocycles. The highest BCUT2D eigenvalue weighted by molar-refractivity contribution is 5.94. The molecule has 36 heavy (non-hydrogen) atoms. The summed E-state index contributed by atoms with van der Waals surface area (Å²) in [5.41, 5.74) is 5.13. The van der Waals surface area contributed by atoms with Gasteiger partial charge in [-0.2, -0.15) is 0 Å². The van der Waals surface area contributed by atoms with Gasteiger partial charge in [-0.15, -0.1) is 0 Å². The molecule has 1 aliphatic rings. The lowest BCUT2D eigenvalue weighted by atomic mass is 10.0. The number of benzene rings is 2. The molecule has 0 saturated heterocycles. The minimum absolute atomic E-state index is 0.169. The molecule has 4 rings (SSSR count). The highest BCUT2D eigenvalue weighted by atomic mass is 16.2. The topological polar surface area (TPSA) is 69.3 Å². The second-order valence-electron chi connectivity index (χ2n) is 10.5. The Morgan fingerprint density at radius 2 is 1.72 bits per heavy atom. The predicted molar refractivity (Wildman–Crippen MR) is 146 cm³/mol. The van der Waals surface area contributed by atoms with E-state index in [2.05, 4.69) is 42.0 Å². The van der Waals surface area contributed by atoms with Crippen LogP contribution >= 0.6 is 0 Å². The number of imidazole rings is 1. The van der Waals surface area contributed by atoms with Gasteiger partial charge in [-0.3, -0.25) is 9.59 Å². The summed E-state index contributed by atoms with van der Waals surface area (Å²) < 4.78 is 0. The molecule has 3 aromatic rings. The van der Waals surface area contributed by atoms with E-state index in [1.165, 1.54) is 0 Å². The second kappa shape index (κ2) is 12.2. The maximum atomic E-state index is 13.5. The molecular formula is C30H40N4O2. The minimum Gasteiger partial charge on any atom is -0.342 e. The van der Waals surface area contributed by atoms with Crippen LogP contribution in [0.25, 0.3) is 11.0 Å². The van der Waals surface area contributed by atoms with Crippen LogP contribution in [0.4, 0.5) is 5.69 Å². The van der Waals surface area contributed by atoms with Gasteiger partial charge in [0.2, 0.25) is 11.8 Å². The van der Waals surface area contributed by atoms with Crippen LogP contribution in [0.5, 0.6) is 0 Å². The molecular weight excluding hydrogens is 448 g/mol. The largest absolute Gasteiger partial charge is 0.342 e. The Kier molecular flexibility index (Phi) is 8.79. The molecule has 192 valence electrons. The van der Waals surface area contributed by atoms with E-state index in [1.54, 1.807) is 0 Å². The number of anilines is 1. The van der Waals surface area contributed by atoms with E-state index < -0.39 is 0 Å². The molecule has 0 unspecified atom stereocenters. The van der Waals surface area contributed by atoms with Gasteiger partial charge in [0, 0.05) is 38.2 Å². The zero-order valence-electron chi connectivity index (χ0n) is 22.1. The van der Waals surface area contributed by atoms with E-state index in [1.807, 2.05) is 41.0 Å². The van der Waals surface area contributed by atoms with E-state index in [4.69, 9.17) is 0 Å². The SMILES string of the molecule is Cc1nc2ccc(CCC(=O)N3CCCCCCCN(C(=O)CC(C)C)c4ccccc4C3)cc2[nH]1. The Labute approximate surface area is 215 Å². The molecule has 0 fully saturated rings. The zero-order valence-corrected chi connectivity index (χ0v) is 22.1. The maximum Gasteiger partial charge on any atom is 0.227 e. The van der Waals surface area contributed by atoms with Crippen LogP contribution < -0.4 is 4.90 Å². The third-order valence-corrected chi connectivity index (χ3v) is 6.98. The molecule has 0 atom stereocenters. The summed E-state index contributed by atoms with van der Waals surface area (Å²) in [6, 6.07) is 14.3. The number of nitrogens with one attached hydrogen (secondary N) is 1. The number of para-hydroxylation sites is 1. The fourth-order valence-corrected chi connectivity index (χ4v) is 5.10. The number of hydrogen-bond acceptors (Lipinski definition) is 3. The molecule has 2 heterocycles. The lowest BCUT2D eigenvalue weighted by Crippen LogP contribution is -2.36. The van der Waals surface area contributed by atoms with Crippen molar-refractivity contribution in [1.29, 1.82) is 0 Å². The summed E-state index contributed by atoms with van der Waals surface area (Å²) in [7, 11) is 0. The van der Waals surface area contributed by atoms with Crippen molar-refractivity contribution in [2.24, 2.45) is 5.92 Å². The standard InChI is InChI=1S/C30H40N4O2/c1-22(2)19-30(36)34-18-10-6-4-5-9-17-33(21-25-11-7-8-12-28(25)34)29(35)16-14-24-13-15-26-27(20-24)32-23(3)31-26/h7-8,11-13,15,20,22H,4-6,9-10,14,16-19,21H2,1-3H3,(H,31,32). The third-order valence-electron chi connectivity index (χ3n) is 6.98. The summed E-state index contributed by atoms with van der Waals surface area (Å²) in [6.45, 7) is 8.17. The van der Waals surface area contributed by atoms with E-state index in [0.717, 1.165) is 78.9 Å². The number of aromatic nitrogens is 2. The highest BCUT2D eigenvalue weighted by Gasteiger charge is 2.22. The molecule has 1 aliphatic heterocycles. The number of aryl methyl sites for hydroxylation is 2. The second-order valence-corrected chi connectivity index (χ2v) is 10.5. The molecule has 0 radical (unpaired) electrons. The van der Waals surface area contributed by atoms with Gasteiger partial charge in [0.1, 0.15) is 5.82 Å². The first-order chi connectivity index (χ1) is 17.4. The average Bonchev–Trinajstić information content (AvgIpc) is 3.21. The van der Waals surface area contributed by atoms with Gasteiger partial charge in [0.25, 0.3) is 0 Å². The van der Waals surface area contributed by atoms with Gasteiger partial charge < -0.3 is 14.8 Å². The zero-order chi connectivity index (χ0) is 25.5. The van der Waals surface area contributed by atoms with Crippen molar-refractivity contribution in [2.75, 3.05) is 18.0 Å². The van der Waals surface area contributed by atoms with Gasteiger partial charge >= 0.3 is 0 Å². The fraction of sp³-hybridized carbons (Fsp3) is 0.500. The van der Waals surface area contributed by atoms with Crippen LogP contribution in [-0.4, -0.2) is 39.8 Å². The normalized spacial score (nSPS) is 15.4. The molecule has 2 aromatic carbocycles. The van der Waals surface area contributed by atoms with Crippen molar-refractivity contribution < 1.29 is 9.59 Å². The number of aromatic amines is 1. The number of carbonyl (C=O) groups excluding carboxylic acids is 2. The van der Waals surface area contributed by atoms with E-state index in [9.17, 15) is 9.59 Å². The van der Waals surface area contributed by atoms with Crippen molar-refractivity contribution >= 4 is 28.5 Å². The Morgan fingerprint density at radius 1 is 0.972 bits per heavy atom. The molecule has 0 spiro atoms. The summed E-state index contributed by atoms with van der Waals surface area (Å²) in [5.74, 6) is 1.56. The average molecular weight is 489 g/mol. The summed E-state index contributed by atoms with van der Waals surface area (Å²) in [4.78, 5) is 38.4. The summed E-state index contributed by atoms with van der Waals surface area (Å²) in [6.07, 6.45) is 7.10. The lowest BCUT2D eigenvalue weighted by Gasteiger charge is -2.30. The number of carbonyl (C=O) groups is 2. The molecule has 6 nitrogen and oxygen atoms in total. The van der Waals surface area contributed by atoms with E-state index in [0.29, 0.717) is 31.7 Å². The lowest BCUT2D eigenvalue weighted by molar-refractivity contribution is -0.131. The van der Waals surface area contributed by atoms with Crippen LogP contribution in [0, 0.1) is 12.8 Å². The predicted octanol–water partition coefficient (Wildman–Crippen LogP) is 6.18. The third kappa shape index (κ3) is 6.74. The van der Waals surface area contributed by atoms with Gasteiger partial charge in [-0.05, 0) is 61.4 Å². The van der Waals surface area contributed by atoms with Crippen molar-refractivity contribution in [2.45, 2.75) is 78.7 Å². The number of nitrogens with zero attached hydrogens (tertiary/aromatic N) is 3. The van der Waals surface area contributed by atoms with E-state index in [-0.39, 0.29) is 11.8 Å².